The van der Waals surface area contributed by atoms with Crippen LogP contribution in [0, 0.1) is 0 Å². The van der Waals surface area contributed by atoms with Gasteiger partial charge >= 0.3 is 5.97 Å². The third kappa shape index (κ3) is 22.6. The molecule has 0 amide bonds. The van der Waals surface area contributed by atoms with E-state index in [4.69, 9.17) is 5.26 Å². The van der Waals surface area contributed by atoms with Crippen LogP contribution in [0.25, 0.3) is 0 Å². The molecule has 0 atom stereocenters. The maximum atomic E-state index is 9.94. The molecule has 0 aromatic heterocycles. The Morgan fingerprint density at radius 3 is 1.75 bits per heavy atom. The molecule has 0 aliphatic carbocycles. The van der Waals surface area contributed by atoms with Gasteiger partial charge in [0.2, 0.25) is 0 Å². The molecule has 0 aromatic carbocycles. The van der Waals surface area contributed by atoms with E-state index in [2.05, 4.69) is 48.2 Å². The first-order valence-electron chi connectivity index (χ1n) is 3.38. The maximum absolute atomic E-state index is 9.94. The van der Waals surface area contributed by atoms with Crippen molar-refractivity contribution in [1.82, 2.24) is 0 Å². The normalized spacial score (nSPS) is 9.50. The number of hydrogen-bond donors (Lipinski definition) is 1. The van der Waals surface area contributed by atoms with Crippen molar-refractivity contribution in [3.63, 3.8) is 0 Å². The van der Waals surface area contributed by atoms with Crippen molar-refractivity contribution >= 4 is 21.9 Å². The van der Waals surface area contributed by atoms with Gasteiger partial charge in [-0.05, 0) is 6.92 Å². The number of carbonyl (C=O) groups excluding carboxylic acids is 1. The van der Waals surface area contributed by atoms with Gasteiger partial charge in [0.25, 0.3) is 0 Å². The molecular weight excluding hydrogens is 224 g/mol. The minimum absolute atomic E-state index is 0.183. The molecule has 0 bridgehead atoms. The number of rotatable bonds is 1. The molecule has 0 unspecified atom stereocenters. The molecule has 1 N–H and O–H groups in total. The standard InChI is InChI=1S/C4H9Br.C4H6O3/c1-4(2,3)5;1-3(2)4(5)7-6/h1-3H3;6H,1H2,2H3. The highest BCUT2D eigenvalue weighted by atomic mass is 79.9. The summed E-state index contributed by atoms with van der Waals surface area (Å²) in [7, 11) is 0. The topological polar surface area (TPSA) is 46.5 Å². The van der Waals surface area contributed by atoms with Crippen LogP contribution in [0.15, 0.2) is 12.2 Å². The first kappa shape index (κ1) is 14.2. The second-order valence-corrected chi connectivity index (χ2v) is 5.61. The average Bonchev–Trinajstić information content (AvgIpc) is 1.82. The lowest BCUT2D eigenvalue weighted by molar-refractivity contribution is -0.229. The van der Waals surface area contributed by atoms with E-state index >= 15 is 0 Å². The second-order valence-electron chi connectivity index (χ2n) is 3.23. The van der Waals surface area contributed by atoms with Gasteiger partial charge in [0.1, 0.15) is 0 Å². The summed E-state index contributed by atoms with van der Waals surface area (Å²) >= 11 is 3.38. The Hall–Kier alpha value is -0.350. The Bertz CT molecular complexity index is 152. The molecule has 0 spiro atoms. The summed E-state index contributed by atoms with van der Waals surface area (Å²) in [5, 5.41) is 7.59. The largest absolute Gasteiger partial charge is 0.367 e. The van der Waals surface area contributed by atoms with E-state index in [0.717, 1.165) is 0 Å². The van der Waals surface area contributed by atoms with E-state index in [1.807, 2.05) is 0 Å². The van der Waals surface area contributed by atoms with Gasteiger partial charge in [-0.25, -0.2) is 4.79 Å². The Morgan fingerprint density at radius 1 is 1.50 bits per heavy atom. The molecule has 0 fully saturated rings. The van der Waals surface area contributed by atoms with Crippen molar-refractivity contribution in [1.29, 1.82) is 0 Å². The van der Waals surface area contributed by atoms with Crippen LogP contribution >= 0.6 is 15.9 Å². The molecule has 3 nitrogen and oxygen atoms in total. The van der Waals surface area contributed by atoms with Gasteiger partial charge in [0, 0.05) is 9.90 Å². The summed E-state index contributed by atoms with van der Waals surface area (Å²) in [6, 6.07) is 0. The van der Waals surface area contributed by atoms with Crippen LogP contribution in [0.4, 0.5) is 0 Å². The fourth-order valence-corrected chi connectivity index (χ4v) is 0.0779. The average molecular weight is 239 g/mol. The lowest BCUT2D eigenvalue weighted by Gasteiger charge is -2.02. The smallest absolute Gasteiger partial charge is 0.296 e. The summed E-state index contributed by atoms with van der Waals surface area (Å²) < 4.78 is 0.312. The van der Waals surface area contributed by atoms with Crippen LogP contribution in [0.2, 0.25) is 0 Å². The summed E-state index contributed by atoms with van der Waals surface area (Å²) in [4.78, 5) is 13.2. The predicted octanol–water partition coefficient (Wildman–Crippen LogP) is 2.76. The third-order valence-corrected chi connectivity index (χ3v) is 0.431. The molecule has 0 radical (unpaired) electrons. The third-order valence-electron chi connectivity index (χ3n) is 0.431. The van der Waals surface area contributed by atoms with E-state index in [9.17, 15) is 4.79 Å². The molecule has 0 rings (SSSR count). The minimum Gasteiger partial charge on any atom is -0.296 e. The summed E-state index contributed by atoms with van der Waals surface area (Å²) in [6.45, 7) is 10.9. The molecule has 12 heavy (non-hydrogen) atoms. The van der Waals surface area contributed by atoms with Crippen LogP contribution in [0.1, 0.15) is 27.7 Å². The zero-order chi connectivity index (χ0) is 10.4. The van der Waals surface area contributed by atoms with Crippen molar-refractivity contribution in [2.45, 2.75) is 32.0 Å². The Balaban J connectivity index is 0. The minimum atomic E-state index is -0.792. The van der Waals surface area contributed by atoms with Crippen LogP contribution in [-0.4, -0.2) is 15.6 Å². The van der Waals surface area contributed by atoms with Crippen molar-refractivity contribution in [2.24, 2.45) is 0 Å². The van der Waals surface area contributed by atoms with E-state index in [-0.39, 0.29) is 5.57 Å². The van der Waals surface area contributed by atoms with Gasteiger partial charge in [-0.1, -0.05) is 43.3 Å². The first-order chi connectivity index (χ1) is 5.18. The fourth-order valence-electron chi connectivity index (χ4n) is 0.0779. The van der Waals surface area contributed by atoms with Crippen LogP contribution in [-0.2, 0) is 9.68 Å². The molecule has 4 heteroatoms. The summed E-state index contributed by atoms with van der Waals surface area (Å²) in [5.41, 5.74) is 0.183. The van der Waals surface area contributed by atoms with Gasteiger partial charge in [0.15, 0.2) is 0 Å². The van der Waals surface area contributed by atoms with Crippen LogP contribution in [0.5, 0.6) is 0 Å². The zero-order valence-electron chi connectivity index (χ0n) is 7.85. The van der Waals surface area contributed by atoms with Crippen LogP contribution < -0.4 is 0 Å². The number of hydrogen-bond acceptors (Lipinski definition) is 3. The highest BCUT2D eigenvalue weighted by Gasteiger charge is 1.98. The van der Waals surface area contributed by atoms with Gasteiger partial charge in [0.05, 0.1) is 0 Å². The molecule has 0 aliphatic heterocycles. The molecule has 0 heterocycles. The molecule has 72 valence electrons. The highest BCUT2D eigenvalue weighted by Crippen LogP contribution is 2.11. The maximum Gasteiger partial charge on any atom is 0.367 e. The van der Waals surface area contributed by atoms with E-state index in [1.54, 1.807) is 0 Å². The van der Waals surface area contributed by atoms with Crippen molar-refractivity contribution in [3.05, 3.63) is 12.2 Å². The molecule has 0 aliphatic rings. The SMILES string of the molecule is C=C(C)C(=O)OO.CC(C)(C)Br. The zero-order valence-corrected chi connectivity index (χ0v) is 9.43. The Labute approximate surface area is 81.5 Å². The molecule has 0 aromatic rings. The quantitative estimate of drug-likeness (QED) is 0.331. The van der Waals surface area contributed by atoms with Gasteiger partial charge in [-0.15, -0.1) is 0 Å². The van der Waals surface area contributed by atoms with E-state index < -0.39 is 5.97 Å². The molecule has 0 saturated carbocycles. The van der Waals surface area contributed by atoms with Gasteiger partial charge in [-0.3, -0.25) is 4.89 Å². The summed E-state index contributed by atoms with van der Waals surface area (Å²) in [6.07, 6.45) is 0. The molecule has 0 saturated heterocycles. The molecular formula is C8H15BrO3. The highest BCUT2D eigenvalue weighted by molar-refractivity contribution is 9.10. The van der Waals surface area contributed by atoms with Crippen molar-refractivity contribution in [2.75, 3.05) is 0 Å². The van der Waals surface area contributed by atoms with Crippen molar-refractivity contribution < 1.29 is 14.9 Å². The fraction of sp³-hybridized carbons (Fsp3) is 0.625. The summed E-state index contributed by atoms with van der Waals surface area (Å²) in [5.74, 6) is -0.792. The monoisotopic (exact) mass is 238 g/mol. The number of halogens is 1. The van der Waals surface area contributed by atoms with Crippen LogP contribution in [0.3, 0.4) is 0 Å². The van der Waals surface area contributed by atoms with Crippen molar-refractivity contribution in [3.8, 4) is 0 Å². The first-order valence-corrected chi connectivity index (χ1v) is 4.18. The lowest BCUT2D eigenvalue weighted by atomic mass is 10.3. The Morgan fingerprint density at radius 2 is 1.75 bits per heavy atom. The number of alkyl halides is 1. The van der Waals surface area contributed by atoms with Gasteiger partial charge in [-0.2, -0.15) is 5.26 Å². The second kappa shape index (κ2) is 6.20. The Kier molecular flexibility index (Phi) is 7.33. The van der Waals surface area contributed by atoms with E-state index in [1.165, 1.54) is 6.92 Å². The van der Waals surface area contributed by atoms with Gasteiger partial charge < -0.3 is 0 Å². The lowest BCUT2D eigenvalue weighted by Crippen LogP contribution is -1.99. The number of carbonyl (C=O) groups is 1. The predicted molar refractivity (Wildman–Crippen MR) is 52.2 cm³/mol. The van der Waals surface area contributed by atoms with E-state index in [0.29, 0.717) is 4.32 Å².